The summed E-state index contributed by atoms with van der Waals surface area (Å²) in [6.45, 7) is 3.10. The van der Waals surface area contributed by atoms with Gasteiger partial charge in [-0.15, -0.1) is 10.2 Å². The first-order chi connectivity index (χ1) is 14.6. The van der Waals surface area contributed by atoms with E-state index in [0.29, 0.717) is 30.8 Å². The van der Waals surface area contributed by atoms with Crippen molar-refractivity contribution >= 4 is 33.2 Å². The predicted molar refractivity (Wildman–Crippen MR) is 111 cm³/mol. The number of carbonyl (C=O) groups is 3. The minimum absolute atomic E-state index is 0.0967. The normalized spacial score (nSPS) is 17.7. The Bertz CT molecular complexity index is 1110. The van der Waals surface area contributed by atoms with Gasteiger partial charge in [0.05, 0.1) is 11.6 Å². The maximum Gasteiger partial charge on any atom is 0.254 e. The lowest BCUT2D eigenvalue weighted by Gasteiger charge is -2.32. The molecule has 2 heterocycles. The van der Waals surface area contributed by atoms with Crippen molar-refractivity contribution in [1.29, 1.82) is 0 Å². The van der Waals surface area contributed by atoms with Gasteiger partial charge in [0.25, 0.3) is 5.16 Å². The summed E-state index contributed by atoms with van der Waals surface area (Å²) in [4.78, 5) is 37.1. The molecule has 1 aromatic carbocycles. The quantitative estimate of drug-likeness (QED) is 0.635. The molecule has 11 nitrogen and oxygen atoms in total. The second kappa shape index (κ2) is 8.84. The number of hydrogen-bond acceptors (Lipinski definition) is 7. The maximum atomic E-state index is 13.2. The van der Waals surface area contributed by atoms with E-state index in [1.165, 1.54) is 29.6 Å². The smallest absolute Gasteiger partial charge is 0.254 e. The van der Waals surface area contributed by atoms with Crippen LogP contribution in [0.2, 0.25) is 0 Å². The largest absolute Gasteiger partial charge is 0.369 e. The summed E-state index contributed by atoms with van der Waals surface area (Å²) in [5.41, 5.74) is 6.23. The molecule has 2 unspecified atom stereocenters. The Morgan fingerprint density at radius 3 is 2.71 bits per heavy atom. The number of carbonyl (C=O) groups excluding carboxylic acids is 3. The third-order valence-electron chi connectivity index (χ3n) is 5.16. The minimum atomic E-state index is -4.20. The second-order valence-corrected chi connectivity index (χ2v) is 9.59. The van der Waals surface area contributed by atoms with Gasteiger partial charge in [-0.3, -0.25) is 19.0 Å². The highest BCUT2D eigenvalue weighted by atomic mass is 32.2. The number of piperidine rings is 1. The highest BCUT2D eigenvalue weighted by Gasteiger charge is 2.38. The summed E-state index contributed by atoms with van der Waals surface area (Å²) in [6.07, 6.45) is 2.36. The molecule has 1 aromatic heterocycles. The van der Waals surface area contributed by atoms with Crippen LogP contribution in [0.3, 0.4) is 0 Å². The molecule has 1 aliphatic rings. The van der Waals surface area contributed by atoms with Crippen molar-refractivity contribution < 1.29 is 22.8 Å². The van der Waals surface area contributed by atoms with Gasteiger partial charge in [-0.1, -0.05) is 6.07 Å². The first-order valence-corrected chi connectivity index (χ1v) is 11.3. The summed E-state index contributed by atoms with van der Waals surface area (Å²) in [6, 6.07) is 6.49. The van der Waals surface area contributed by atoms with Crippen molar-refractivity contribution in [1.82, 2.24) is 19.7 Å². The number of nitrogens with two attached hydrogens (primary N) is 1. The predicted octanol–water partition coefficient (Wildman–Crippen LogP) is 0.112. The molecule has 3 N–H and O–H groups in total. The lowest BCUT2D eigenvalue weighted by Crippen LogP contribution is -2.49. The van der Waals surface area contributed by atoms with Crippen molar-refractivity contribution in [2.75, 3.05) is 18.4 Å². The Hall–Kier alpha value is -3.28. The number of sulfone groups is 1. The topological polar surface area (TPSA) is 157 Å². The van der Waals surface area contributed by atoms with E-state index in [-0.39, 0.29) is 12.5 Å². The van der Waals surface area contributed by atoms with Crippen LogP contribution in [0.1, 0.15) is 26.7 Å². The lowest BCUT2D eigenvalue weighted by atomic mass is 9.97. The third kappa shape index (κ3) is 4.74. The summed E-state index contributed by atoms with van der Waals surface area (Å²) < 4.78 is 27.7. The summed E-state index contributed by atoms with van der Waals surface area (Å²) in [5, 5.41) is 8.24. The molecule has 0 bridgehead atoms. The van der Waals surface area contributed by atoms with Crippen molar-refractivity contribution in [3.63, 3.8) is 0 Å². The molecule has 0 aliphatic carbocycles. The van der Waals surface area contributed by atoms with Crippen LogP contribution < -0.4 is 11.1 Å². The van der Waals surface area contributed by atoms with Crippen LogP contribution in [0.4, 0.5) is 5.69 Å². The van der Waals surface area contributed by atoms with Crippen LogP contribution in [0.5, 0.6) is 0 Å². The van der Waals surface area contributed by atoms with Crippen molar-refractivity contribution in [3.8, 4) is 5.69 Å². The molecule has 166 valence electrons. The number of amides is 3. The molecule has 3 rings (SSSR count). The standard InChI is InChI=1S/C19H24N6O5S/c1-12(18(28)24-8-4-5-14(10-24)17(20)27)31(29,30)19-23-21-11-25(19)16-7-3-6-15(9-16)22-13(2)26/h3,6-7,9,11-12,14H,4-5,8,10H2,1-2H3,(H2,20,27)(H,22,26). The van der Waals surface area contributed by atoms with E-state index in [1.807, 2.05) is 0 Å². The van der Waals surface area contributed by atoms with Gasteiger partial charge >= 0.3 is 0 Å². The molecule has 3 amide bonds. The Kier molecular flexibility index (Phi) is 6.39. The molecule has 0 radical (unpaired) electrons. The highest BCUT2D eigenvalue weighted by Crippen LogP contribution is 2.23. The molecule has 2 aromatic rings. The molecule has 2 atom stereocenters. The van der Waals surface area contributed by atoms with Gasteiger partial charge in [-0.25, -0.2) is 8.42 Å². The van der Waals surface area contributed by atoms with Gasteiger partial charge < -0.3 is 16.0 Å². The zero-order valence-corrected chi connectivity index (χ0v) is 18.0. The van der Waals surface area contributed by atoms with Crippen LogP contribution in [-0.2, 0) is 24.2 Å². The number of nitrogens with zero attached hydrogens (tertiary/aromatic N) is 4. The van der Waals surface area contributed by atoms with Gasteiger partial charge in [-0.05, 0) is 38.0 Å². The van der Waals surface area contributed by atoms with E-state index < -0.39 is 38.0 Å². The van der Waals surface area contributed by atoms with Crippen molar-refractivity contribution in [2.24, 2.45) is 11.7 Å². The number of hydrogen-bond donors (Lipinski definition) is 2. The van der Waals surface area contributed by atoms with E-state index >= 15 is 0 Å². The number of aromatic nitrogens is 3. The van der Waals surface area contributed by atoms with Gasteiger partial charge in [-0.2, -0.15) is 0 Å². The number of likely N-dealkylation sites (tertiary alicyclic amines) is 1. The van der Waals surface area contributed by atoms with Crippen LogP contribution in [0.25, 0.3) is 5.69 Å². The molecule has 1 saturated heterocycles. The fourth-order valence-electron chi connectivity index (χ4n) is 3.49. The number of nitrogens with one attached hydrogen (secondary N) is 1. The number of primary amides is 1. The van der Waals surface area contributed by atoms with Gasteiger partial charge in [0.15, 0.2) is 0 Å². The fourth-order valence-corrected chi connectivity index (χ4v) is 4.81. The van der Waals surface area contributed by atoms with Crippen LogP contribution in [0.15, 0.2) is 35.7 Å². The molecule has 0 spiro atoms. The first-order valence-electron chi connectivity index (χ1n) is 9.71. The Labute approximate surface area is 179 Å². The fraction of sp³-hybridized carbons (Fsp3) is 0.421. The SMILES string of the molecule is CC(=O)Nc1cccc(-n2cnnc2S(=O)(=O)C(C)C(=O)N2CCCC(C(N)=O)C2)c1. The molecule has 1 fully saturated rings. The minimum Gasteiger partial charge on any atom is -0.369 e. The van der Waals surface area contributed by atoms with E-state index in [4.69, 9.17) is 5.73 Å². The zero-order valence-electron chi connectivity index (χ0n) is 17.2. The Morgan fingerprint density at radius 2 is 2.03 bits per heavy atom. The number of anilines is 1. The van der Waals surface area contributed by atoms with E-state index in [1.54, 1.807) is 24.3 Å². The summed E-state index contributed by atoms with van der Waals surface area (Å²) in [7, 11) is -4.20. The summed E-state index contributed by atoms with van der Waals surface area (Å²) >= 11 is 0. The molecule has 0 saturated carbocycles. The molecular weight excluding hydrogens is 424 g/mol. The molecule has 31 heavy (non-hydrogen) atoms. The molecule has 12 heteroatoms. The van der Waals surface area contributed by atoms with Gasteiger partial charge in [0.2, 0.25) is 27.6 Å². The van der Waals surface area contributed by atoms with Gasteiger partial charge in [0, 0.05) is 25.7 Å². The van der Waals surface area contributed by atoms with Crippen LogP contribution >= 0.6 is 0 Å². The number of benzene rings is 1. The van der Waals surface area contributed by atoms with Gasteiger partial charge in [0.1, 0.15) is 11.6 Å². The average Bonchev–Trinajstić information content (AvgIpc) is 3.23. The average molecular weight is 449 g/mol. The van der Waals surface area contributed by atoms with E-state index in [2.05, 4.69) is 15.5 Å². The van der Waals surface area contributed by atoms with Crippen molar-refractivity contribution in [2.45, 2.75) is 37.1 Å². The number of rotatable bonds is 6. The van der Waals surface area contributed by atoms with E-state index in [0.717, 1.165) is 0 Å². The maximum absolute atomic E-state index is 13.2. The first kappa shape index (κ1) is 22.4. The third-order valence-corrected chi connectivity index (χ3v) is 7.08. The zero-order chi connectivity index (χ0) is 22.8. The van der Waals surface area contributed by atoms with Crippen LogP contribution in [0, 0.1) is 5.92 Å². The van der Waals surface area contributed by atoms with Crippen LogP contribution in [-0.4, -0.2) is 64.1 Å². The van der Waals surface area contributed by atoms with Crippen molar-refractivity contribution in [3.05, 3.63) is 30.6 Å². The molecule has 1 aliphatic heterocycles. The van der Waals surface area contributed by atoms with E-state index in [9.17, 15) is 22.8 Å². The monoisotopic (exact) mass is 448 g/mol. The molecular formula is C19H24N6O5S. The summed E-state index contributed by atoms with van der Waals surface area (Å²) in [5.74, 6) is -1.89. The highest BCUT2D eigenvalue weighted by molar-refractivity contribution is 7.92. The second-order valence-electron chi connectivity index (χ2n) is 7.43. The lowest BCUT2D eigenvalue weighted by molar-refractivity contribution is -0.134. The Morgan fingerprint density at radius 1 is 1.29 bits per heavy atom. The Balaban J connectivity index is 1.88.